The molecule has 1 N–H and O–H groups in total. The fourth-order valence-corrected chi connectivity index (χ4v) is 3.94. The van der Waals surface area contributed by atoms with E-state index in [0.29, 0.717) is 44.1 Å². The van der Waals surface area contributed by atoms with Crippen molar-refractivity contribution in [1.29, 1.82) is 0 Å². The molecule has 3 rings (SSSR count). The Morgan fingerprint density at radius 2 is 2.00 bits per heavy atom. The molecule has 0 aliphatic carbocycles. The van der Waals surface area contributed by atoms with Gasteiger partial charge in [-0.05, 0) is 12.1 Å². The number of hydrogen-bond acceptors (Lipinski definition) is 7. The molecule has 1 fully saturated rings. The lowest BCUT2D eigenvalue weighted by Crippen LogP contribution is -2.48. The monoisotopic (exact) mass is 338 g/mol. The second-order valence-corrected chi connectivity index (χ2v) is 7.36. The summed E-state index contributed by atoms with van der Waals surface area (Å²) in [6.07, 6.45) is 3.00. The number of hydrogen-bond donors (Lipinski definition) is 1. The van der Waals surface area contributed by atoms with Gasteiger partial charge < -0.3 is 9.63 Å². The fraction of sp³-hybridized carbons (Fsp3) is 0.429. The Labute approximate surface area is 134 Å². The molecule has 0 radical (unpaired) electrons. The summed E-state index contributed by atoms with van der Waals surface area (Å²) in [4.78, 5) is 6.22. The van der Waals surface area contributed by atoms with Gasteiger partial charge in [0.15, 0.2) is 0 Å². The van der Waals surface area contributed by atoms with Crippen LogP contribution in [0.5, 0.6) is 5.75 Å². The van der Waals surface area contributed by atoms with E-state index in [2.05, 4.69) is 19.6 Å². The smallest absolute Gasteiger partial charge is 0.220 e. The Morgan fingerprint density at radius 3 is 2.65 bits per heavy atom. The highest BCUT2D eigenvalue weighted by molar-refractivity contribution is 7.88. The SMILES string of the molecule is O=S(=O)(Cc1ccon1)N1CCN(Cc2ncccc2O)CC1. The zero-order valence-corrected chi connectivity index (χ0v) is 13.3. The molecule has 9 heteroatoms. The van der Waals surface area contributed by atoms with E-state index < -0.39 is 10.0 Å². The van der Waals surface area contributed by atoms with Crippen molar-refractivity contribution in [1.82, 2.24) is 19.3 Å². The average molecular weight is 338 g/mol. The molecular formula is C14H18N4O4S. The van der Waals surface area contributed by atoms with Gasteiger partial charge in [0.1, 0.15) is 17.8 Å². The summed E-state index contributed by atoms with van der Waals surface area (Å²) in [6, 6.07) is 4.83. The Bertz CT molecular complexity index is 740. The topological polar surface area (TPSA) is 99.8 Å². The lowest BCUT2D eigenvalue weighted by molar-refractivity contribution is 0.178. The summed E-state index contributed by atoms with van der Waals surface area (Å²) in [5, 5.41) is 13.4. The van der Waals surface area contributed by atoms with Gasteiger partial charge in [-0.15, -0.1) is 0 Å². The minimum atomic E-state index is -3.39. The van der Waals surface area contributed by atoms with Crippen LogP contribution in [0.25, 0.3) is 0 Å². The maximum Gasteiger partial charge on any atom is 0.220 e. The summed E-state index contributed by atoms with van der Waals surface area (Å²) in [5.74, 6) is 0.0124. The van der Waals surface area contributed by atoms with Gasteiger partial charge in [-0.1, -0.05) is 5.16 Å². The maximum atomic E-state index is 12.3. The van der Waals surface area contributed by atoms with Crippen molar-refractivity contribution in [3.8, 4) is 5.75 Å². The second kappa shape index (κ2) is 6.65. The zero-order chi connectivity index (χ0) is 16.3. The molecule has 2 aromatic rings. The van der Waals surface area contributed by atoms with Crippen molar-refractivity contribution in [3.05, 3.63) is 42.0 Å². The van der Waals surface area contributed by atoms with Gasteiger partial charge in [-0.3, -0.25) is 9.88 Å². The van der Waals surface area contributed by atoms with Crippen LogP contribution in [-0.2, 0) is 22.3 Å². The first-order chi connectivity index (χ1) is 11.0. The highest BCUT2D eigenvalue weighted by atomic mass is 32.2. The van der Waals surface area contributed by atoms with Crippen LogP contribution < -0.4 is 0 Å². The standard InChI is InChI=1S/C14H18N4O4S/c19-14-2-1-4-15-13(14)10-17-5-7-18(8-6-17)23(20,21)11-12-3-9-22-16-12/h1-4,9,19H,5-8,10-11H2. The fourth-order valence-electron chi connectivity index (χ4n) is 2.52. The molecule has 1 saturated heterocycles. The first-order valence-electron chi connectivity index (χ1n) is 7.27. The van der Waals surface area contributed by atoms with Gasteiger partial charge in [0, 0.05) is 45.0 Å². The average Bonchev–Trinajstić information content (AvgIpc) is 3.02. The van der Waals surface area contributed by atoms with Gasteiger partial charge in [-0.25, -0.2) is 8.42 Å². The summed E-state index contributed by atoms with van der Waals surface area (Å²) in [5.41, 5.74) is 1.01. The van der Waals surface area contributed by atoms with E-state index in [0.717, 1.165) is 0 Å². The highest BCUT2D eigenvalue weighted by Crippen LogP contribution is 2.18. The van der Waals surface area contributed by atoms with Crippen molar-refractivity contribution < 1.29 is 18.0 Å². The third-order valence-electron chi connectivity index (χ3n) is 3.79. The predicted molar refractivity (Wildman–Crippen MR) is 81.9 cm³/mol. The van der Waals surface area contributed by atoms with E-state index in [9.17, 15) is 13.5 Å². The van der Waals surface area contributed by atoms with E-state index in [1.54, 1.807) is 24.4 Å². The van der Waals surface area contributed by atoms with Crippen molar-refractivity contribution in [2.45, 2.75) is 12.3 Å². The molecule has 0 aromatic carbocycles. The number of rotatable bonds is 5. The van der Waals surface area contributed by atoms with Gasteiger partial charge in [0.05, 0.1) is 11.4 Å². The van der Waals surface area contributed by atoms with Gasteiger partial charge in [-0.2, -0.15) is 4.31 Å². The normalized spacial score (nSPS) is 17.4. The number of aromatic nitrogens is 2. The molecule has 0 unspecified atom stereocenters. The van der Waals surface area contributed by atoms with Gasteiger partial charge in [0.2, 0.25) is 10.0 Å². The third-order valence-corrected chi connectivity index (χ3v) is 5.60. The summed E-state index contributed by atoms with van der Waals surface area (Å²) in [7, 11) is -3.39. The lowest BCUT2D eigenvalue weighted by Gasteiger charge is -2.33. The summed E-state index contributed by atoms with van der Waals surface area (Å²) in [6.45, 7) is 2.51. The number of piperazine rings is 1. The minimum Gasteiger partial charge on any atom is -0.506 e. The number of aromatic hydroxyl groups is 1. The quantitative estimate of drug-likeness (QED) is 0.843. The van der Waals surface area contributed by atoms with Crippen LogP contribution in [0.1, 0.15) is 11.4 Å². The molecular weight excluding hydrogens is 320 g/mol. The first-order valence-corrected chi connectivity index (χ1v) is 8.88. The molecule has 23 heavy (non-hydrogen) atoms. The summed E-state index contributed by atoms with van der Waals surface area (Å²) >= 11 is 0. The Hall–Kier alpha value is -1.97. The third kappa shape index (κ3) is 3.87. The van der Waals surface area contributed by atoms with Crippen LogP contribution in [0, 0.1) is 0 Å². The maximum absolute atomic E-state index is 12.3. The molecule has 1 aliphatic heterocycles. The molecule has 8 nitrogen and oxygen atoms in total. The Morgan fingerprint density at radius 1 is 1.22 bits per heavy atom. The summed E-state index contributed by atoms with van der Waals surface area (Å²) < 4.78 is 30.8. The molecule has 124 valence electrons. The van der Waals surface area contributed by atoms with Crippen molar-refractivity contribution >= 4 is 10.0 Å². The van der Waals surface area contributed by atoms with Gasteiger partial charge >= 0.3 is 0 Å². The first kappa shape index (κ1) is 15.9. The zero-order valence-electron chi connectivity index (χ0n) is 12.5. The molecule has 0 spiro atoms. The van der Waals surface area contributed by atoms with Crippen LogP contribution in [0.4, 0.5) is 0 Å². The van der Waals surface area contributed by atoms with Crippen molar-refractivity contribution in [2.24, 2.45) is 0 Å². The van der Waals surface area contributed by atoms with Crippen LogP contribution in [-0.4, -0.2) is 59.0 Å². The van der Waals surface area contributed by atoms with E-state index in [-0.39, 0.29) is 11.5 Å². The van der Waals surface area contributed by atoms with Crippen LogP contribution >= 0.6 is 0 Å². The van der Waals surface area contributed by atoms with Crippen LogP contribution in [0.15, 0.2) is 35.2 Å². The highest BCUT2D eigenvalue weighted by Gasteiger charge is 2.28. The Kier molecular flexibility index (Phi) is 4.60. The minimum absolute atomic E-state index is 0.148. The van der Waals surface area contributed by atoms with E-state index >= 15 is 0 Å². The number of pyridine rings is 1. The predicted octanol–water partition coefficient (Wildman–Crippen LogP) is 0.423. The van der Waals surface area contributed by atoms with Crippen LogP contribution in [0.2, 0.25) is 0 Å². The second-order valence-electron chi connectivity index (χ2n) is 5.39. The molecule has 0 saturated carbocycles. The van der Waals surface area contributed by atoms with E-state index in [1.807, 2.05) is 0 Å². The van der Waals surface area contributed by atoms with E-state index in [4.69, 9.17) is 0 Å². The molecule has 0 bridgehead atoms. The molecule has 0 amide bonds. The number of sulfonamides is 1. The Balaban J connectivity index is 1.57. The number of nitrogens with zero attached hydrogens (tertiary/aromatic N) is 4. The van der Waals surface area contributed by atoms with Crippen LogP contribution in [0.3, 0.4) is 0 Å². The van der Waals surface area contributed by atoms with Crippen molar-refractivity contribution in [3.63, 3.8) is 0 Å². The molecule has 3 heterocycles. The van der Waals surface area contributed by atoms with Gasteiger partial charge in [0.25, 0.3) is 0 Å². The van der Waals surface area contributed by atoms with Crippen molar-refractivity contribution in [2.75, 3.05) is 26.2 Å². The molecule has 0 atom stereocenters. The van der Waals surface area contributed by atoms with E-state index in [1.165, 1.54) is 10.6 Å². The molecule has 1 aliphatic rings. The lowest BCUT2D eigenvalue weighted by atomic mass is 10.3. The largest absolute Gasteiger partial charge is 0.506 e. The molecule has 2 aromatic heterocycles.